The molecule has 0 spiro atoms. The third-order valence-electron chi connectivity index (χ3n) is 5.28. The van der Waals surface area contributed by atoms with Crippen molar-refractivity contribution >= 4 is 45.2 Å². The lowest BCUT2D eigenvalue weighted by Gasteiger charge is -2.05. The van der Waals surface area contributed by atoms with E-state index in [2.05, 4.69) is 22.8 Å². The number of hydrogen-bond donors (Lipinski definition) is 1. The molecule has 0 unspecified atom stereocenters. The molecular weight excluding hydrogens is 621 g/mol. The molecule has 0 fully saturated rings. The Hall–Kier alpha value is -4.83. The SMILES string of the molecule is C(=C\C(=N\Oc1ccccc1)Oc1ccccc1)/SSc1ccccc1.O=C(/C=C/Sc1ccccc1)NOc1ccccc1. The van der Waals surface area contributed by atoms with Crippen LogP contribution in [-0.4, -0.2) is 11.8 Å². The smallest absolute Gasteiger partial charge is 0.277 e. The zero-order valence-corrected chi connectivity index (χ0v) is 26.5. The Kier molecular flexibility index (Phi) is 14.8. The minimum Gasteiger partial charge on any atom is -0.436 e. The molecule has 5 rings (SSSR count). The summed E-state index contributed by atoms with van der Waals surface area (Å²) in [5.41, 5.74) is 2.35. The van der Waals surface area contributed by atoms with E-state index in [4.69, 9.17) is 14.4 Å². The summed E-state index contributed by atoms with van der Waals surface area (Å²) in [6, 6.07) is 48.0. The van der Waals surface area contributed by atoms with Crippen molar-refractivity contribution in [1.29, 1.82) is 0 Å². The van der Waals surface area contributed by atoms with E-state index in [9.17, 15) is 4.79 Å². The van der Waals surface area contributed by atoms with Gasteiger partial charge in [0.25, 0.3) is 11.8 Å². The maximum Gasteiger partial charge on any atom is 0.277 e. The van der Waals surface area contributed by atoms with E-state index < -0.39 is 0 Å². The molecule has 45 heavy (non-hydrogen) atoms. The van der Waals surface area contributed by atoms with E-state index >= 15 is 0 Å². The van der Waals surface area contributed by atoms with E-state index in [1.807, 2.05) is 133 Å². The summed E-state index contributed by atoms with van der Waals surface area (Å²) in [6.07, 6.45) is 3.22. The third kappa shape index (κ3) is 14.0. The van der Waals surface area contributed by atoms with Crippen LogP contribution >= 0.6 is 33.3 Å². The van der Waals surface area contributed by atoms with Crippen LogP contribution in [0.25, 0.3) is 0 Å². The van der Waals surface area contributed by atoms with Gasteiger partial charge in [0.2, 0.25) is 0 Å². The van der Waals surface area contributed by atoms with E-state index in [1.165, 1.54) is 22.7 Å². The first kappa shape index (κ1) is 33.1. The second-order valence-corrected chi connectivity index (χ2v) is 11.8. The Morgan fingerprint density at radius 2 is 1.09 bits per heavy atom. The summed E-state index contributed by atoms with van der Waals surface area (Å²) >= 11 is 1.47. The van der Waals surface area contributed by atoms with E-state index in [0.717, 1.165) is 4.90 Å². The van der Waals surface area contributed by atoms with Crippen LogP contribution < -0.4 is 19.9 Å². The van der Waals surface area contributed by atoms with Gasteiger partial charge < -0.3 is 14.4 Å². The summed E-state index contributed by atoms with van der Waals surface area (Å²) in [7, 11) is 3.25. The molecule has 0 aromatic heterocycles. The van der Waals surface area contributed by atoms with Gasteiger partial charge in [0.1, 0.15) is 5.75 Å². The molecule has 0 saturated carbocycles. The number of para-hydroxylation sites is 3. The molecule has 1 amide bonds. The van der Waals surface area contributed by atoms with Crippen LogP contribution in [0.15, 0.2) is 190 Å². The quantitative estimate of drug-likeness (QED) is 0.0360. The third-order valence-corrected chi connectivity index (χ3v) is 8.11. The second kappa shape index (κ2) is 20.2. The lowest BCUT2D eigenvalue weighted by atomic mass is 10.3. The van der Waals surface area contributed by atoms with Gasteiger partial charge in [0.15, 0.2) is 11.5 Å². The van der Waals surface area contributed by atoms with Crippen LogP contribution in [0.3, 0.4) is 0 Å². The van der Waals surface area contributed by atoms with Crippen LogP contribution in [0.4, 0.5) is 0 Å². The number of hydroxylamine groups is 1. The first-order valence-corrected chi connectivity index (χ1v) is 16.8. The Bertz CT molecular complexity index is 1620. The topological polar surface area (TPSA) is 69.2 Å². The van der Waals surface area contributed by atoms with Gasteiger partial charge in [0.05, 0.1) is 0 Å². The van der Waals surface area contributed by atoms with Crippen molar-refractivity contribution in [2.75, 3.05) is 0 Å². The number of carbonyl (C=O) groups excluding carboxylic acids is 1. The highest BCUT2D eigenvalue weighted by molar-refractivity contribution is 8.77. The van der Waals surface area contributed by atoms with Crippen molar-refractivity contribution in [3.8, 4) is 17.2 Å². The second-order valence-electron chi connectivity index (χ2n) is 8.66. The number of rotatable bonds is 12. The molecule has 9 heteroatoms. The van der Waals surface area contributed by atoms with Gasteiger partial charge in [-0.1, -0.05) is 124 Å². The highest BCUT2D eigenvalue weighted by atomic mass is 33.1. The van der Waals surface area contributed by atoms with Crippen molar-refractivity contribution in [2.24, 2.45) is 5.16 Å². The molecule has 5 aromatic carbocycles. The molecular formula is C36H30N2O4S3. The lowest BCUT2D eigenvalue weighted by molar-refractivity contribution is -0.122. The minimum absolute atomic E-state index is 0.299. The van der Waals surface area contributed by atoms with Gasteiger partial charge in [-0.05, 0) is 76.6 Å². The van der Waals surface area contributed by atoms with Crippen molar-refractivity contribution in [2.45, 2.75) is 9.79 Å². The van der Waals surface area contributed by atoms with Crippen LogP contribution in [0, 0.1) is 0 Å². The van der Waals surface area contributed by atoms with Gasteiger partial charge in [-0.15, -0.1) is 0 Å². The largest absolute Gasteiger partial charge is 0.436 e. The molecule has 0 atom stereocenters. The fourth-order valence-corrected chi connectivity index (χ4v) is 5.49. The van der Waals surface area contributed by atoms with Crippen LogP contribution in [-0.2, 0) is 4.79 Å². The molecule has 6 nitrogen and oxygen atoms in total. The standard InChI is InChI=1S/C21H17NO2S2.C15H13NO2S/c1-4-10-18(11-5-1)23-21(22-24-19-12-6-2-7-13-19)16-17-25-26-20-14-8-3-9-15-20;17-15(16-18-13-7-3-1-4-8-13)11-12-19-14-9-5-2-6-10-14/h1-17H;1-12H,(H,16,17)/b17-16+,22-21-;12-11+. The number of oxime groups is 1. The first-order valence-electron chi connectivity index (χ1n) is 13.7. The summed E-state index contributed by atoms with van der Waals surface area (Å²) in [6.45, 7) is 0. The zero-order valence-electron chi connectivity index (χ0n) is 24.0. The Morgan fingerprint density at radius 1 is 0.578 bits per heavy atom. The number of hydrogen-bond acceptors (Lipinski definition) is 8. The molecule has 0 heterocycles. The summed E-state index contributed by atoms with van der Waals surface area (Å²) in [5.74, 6) is 2.03. The van der Waals surface area contributed by atoms with E-state index in [-0.39, 0.29) is 5.91 Å². The molecule has 0 aliphatic rings. The number of nitrogens with zero attached hydrogens (tertiary/aromatic N) is 1. The van der Waals surface area contributed by atoms with Gasteiger partial charge >= 0.3 is 0 Å². The minimum atomic E-state index is -0.299. The van der Waals surface area contributed by atoms with Crippen molar-refractivity contribution < 1.29 is 19.2 Å². The van der Waals surface area contributed by atoms with E-state index in [1.54, 1.807) is 45.2 Å². The summed E-state index contributed by atoms with van der Waals surface area (Å²) in [4.78, 5) is 24.3. The number of ether oxygens (including phenoxy) is 1. The highest BCUT2D eigenvalue weighted by Crippen LogP contribution is 2.31. The Morgan fingerprint density at radius 3 is 1.69 bits per heavy atom. The van der Waals surface area contributed by atoms with Gasteiger partial charge in [-0.25, -0.2) is 0 Å². The molecule has 0 aliphatic carbocycles. The first-order chi connectivity index (χ1) is 22.2. The predicted molar refractivity (Wildman–Crippen MR) is 187 cm³/mol. The molecule has 5 aromatic rings. The summed E-state index contributed by atoms with van der Waals surface area (Å²) in [5, 5.41) is 7.76. The maximum atomic E-state index is 11.5. The molecule has 0 radical (unpaired) electrons. The molecule has 0 bridgehead atoms. The predicted octanol–water partition coefficient (Wildman–Crippen LogP) is 9.81. The number of thioether (sulfide) groups is 1. The number of nitrogens with one attached hydrogen (secondary N) is 1. The Balaban J connectivity index is 0.000000215. The molecule has 0 saturated heterocycles. The van der Waals surface area contributed by atoms with Crippen LogP contribution in [0.2, 0.25) is 0 Å². The van der Waals surface area contributed by atoms with Crippen LogP contribution in [0.1, 0.15) is 0 Å². The van der Waals surface area contributed by atoms with Crippen molar-refractivity contribution in [1.82, 2.24) is 5.48 Å². The number of carbonyl (C=O) groups is 1. The van der Waals surface area contributed by atoms with Crippen molar-refractivity contribution in [3.05, 3.63) is 175 Å². The van der Waals surface area contributed by atoms with Gasteiger partial charge in [-0.3, -0.25) is 4.79 Å². The molecule has 0 aliphatic heterocycles. The maximum absolute atomic E-state index is 11.5. The van der Waals surface area contributed by atoms with Gasteiger partial charge in [0, 0.05) is 21.9 Å². The monoisotopic (exact) mass is 650 g/mol. The molecule has 1 N–H and O–H groups in total. The number of amides is 1. The lowest BCUT2D eigenvalue weighted by Crippen LogP contribution is -2.24. The highest BCUT2D eigenvalue weighted by Gasteiger charge is 2.01. The Labute approximate surface area is 275 Å². The summed E-state index contributed by atoms with van der Waals surface area (Å²) < 4.78 is 5.80. The van der Waals surface area contributed by atoms with Gasteiger partial charge in [-0.2, -0.15) is 5.48 Å². The van der Waals surface area contributed by atoms with Crippen LogP contribution in [0.5, 0.6) is 17.2 Å². The number of benzene rings is 5. The normalized spacial score (nSPS) is 11.0. The average Bonchev–Trinajstić information content (AvgIpc) is 3.10. The van der Waals surface area contributed by atoms with Crippen molar-refractivity contribution in [3.63, 3.8) is 0 Å². The van der Waals surface area contributed by atoms with E-state index in [0.29, 0.717) is 23.1 Å². The molecule has 226 valence electrons. The zero-order chi connectivity index (χ0) is 31.2. The fraction of sp³-hybridized carbons (Fsp3) is 0. The average molecular weight is 651 g/mol. The fourth-order valence-electron chi connectivity index (χ4n) is 3.22.